The lowest BCUT2D eigenvalue weighted by Gasteiger charge is -2.29. The minimum Gasteiger partial charge on any atom is -0.396 e. The maximum Gasteiger partial charge on any atom is 0.170 e. The van der Waals surface area contributed by atoms with Gasteiger partial charge in [0.15, 0.2) is 5.11 Å². The van der Waals surface area contributed by atoms with Gasteiger partial charge in [0, 0.05) is 41.9 Å². The van der Waals surface area contributed by atoms with Crippen molar-refractivity contribution in [2.24, 2.45) is 0 Å². The van der Waals surface area contributed by atoms with Crippen LogP contribution in [0.2, 0.25) is 5.02 Å². The van der Waals surface area contributed by atoms with Crippen molar-refractivity contribution in [3.8, 4) is 5.69 Å². The lowest BCUT2D eigenvalue weighted by molar-refractivity contribution is 0.245. The van der Waals surface area contributed by atoms with Crippen molar-refractivity contribution < 1.29 is 5.11 Å². The number of halogens is 1. The summed E-state index contributed by atoms with van der Waals surface area (Å²) in [5.74, 6) is 0. The lowest BCUT2D eigenvalue weighted by atomic mass is 10.0. The Morgan fingerprint density at radius 1 is 1.21 bits per heavy atom. The SMILES string of the molecule is Cc1cc(-n2cccc2[C@H]2[C@@H](c3ccccn3)NC(=S)N2CCCO)ccc1Cl. The molecule has 0 spiro atoms. The van der Waals surface area contributed by atoms with E-state index in [1.54, 1.807) is 6.20 Å². The first-order valence-corrected chi connectivity index (χ1v) is 10.4. The topological polar surface area (TPSA) is 53.3 Å². The van der Waals surface area contributed by atoms with Crippen molar-refractivity contribution in [2.75, 3.05) is 13.2 Å². The van der Waals surface area contributed by atoms with E-state index in [9.17, 15) is 5.11 Å². The molecular formula is C22H23ClN4OS. The molecule has 2 N–H and O–H groups in total. The van der Waals surface area contributed by atoms with Gasteiger partial charge in [0.25, 0.3) is 0 Å². The van der Waals surface area contributed by atoms with Gasteiger partial charge in [-0.1, -0.05) is 17.7 Å². The van der Waals surface area contributed by atoms with Gasteiger partial charge in [-0.15, -0.1) is 0 Å². The van der Waals surface area contributed by atoms with Crippen LogP contribution >= 0.6 is 23.8 Å². The van der Waals surface area contributed by atoms with Crippen LogP contribution in [0.25, 0.3) is 5.69 Å². The van der Waals surface area contributed by atoms with E-state index in [1.165, 1.54) is 0 Å². The number of hydrogen-bond acceptors (Lipinski definition) is 3. The van der Waals surface area contributed by atoms with Crippen LogP contribution in [0.3, 0.4) is 0 Å². The maximum absolute atomic E-state index is 9.38. The van der Waals surface area contributed by atoms with Crippen LogP contribution < -0.4 is 5.32 Å². The molecule has 0 bridgehead atoms. The Morgan fingerprint density at radius 2 is 2.07 bits per heavy atom. The van der Waals surface area contributed by atoms with Crippen LogP contribution in [0, 0.1) is 6.92 Å². The fraction of sp³-hybridized carbons (Fsp3) is 0.273. The van der Waals surface area contributed by atoms with E-state index in [0.29, 0.717) is 18.1 Å². The number of pyridine rings is 1. The molecule has 5 nitrogen and oxygen atoms in total. The molecule has 1 aliphatic rings. The summed E-state index contributed by atoms with van der Waals surface area (Å²) in [6.45, 7) is 2.80. The van der Waals surface area contributed by atoms with E-state index in [1.807, 2.05) is 43.3 Å². The Labute approximate surface area is 180 Å². The first kappa shape index (κ1) is 19.9. The van der Waals surface area contributed by atoms with Gasteiger partial charge < -0.3 is 19.9 Å². The Kier molecular flexibility index (Phi) is 5.85. The zero-order chi connectivity index (χ0) is 20.4. The van der Waals surface area contributed by atoms with E-state index in [-0.39, 0.29) is 18.7 Å². The average Bonchev–Trinajstić information content (AvgIpc) is 3.33. The number of rotatable bonds is 6. The molecule has 1 aromatic carbocycles. The summed E-state index contributed by atoms with van der Waals surface area (Å²) in [4.78, 5) is 6.73. The van der Waals surface area contributed by atoms with Crippen LogP contribution in [0.15, 0.2) is 60.9 Å². The summed E-state index contributed by atoms with van der Waals surface area (Å²) in [6.07, 6.45) is 4.50. The van der Waals surface area contributed by atoms with Crippen LogP contribution in [-0.2, 0) is 0 Å². The van der Waals surface area contributed by atoms with E-state index in [0.717, 1.165) is 27.7 Å². The number of hydrogen-bond donors (Lipinski definition) is 2. The molecule has 150 valence electrons. The zero-order valence-electron chi connectivity index (χ0n) is 16.1. The smallest absolute Gasteiger partial charge is 0.170 e. The predicted octanol–water partition coefficient (Wildman–Crippen LogP) is 4.19. The summed E-state index contributed by atoms with van der Waals surface area (Å²) in [7, 11) is 0. The number of aliphatic hydroxyl groups excluding tert-OH is 1. The summed E-state index contributed by atoms with van der Waals surface area (Å²) in [6, 6.07) is 16.0. The maximum atomic E-state index is 9.38. The summed E-state index contributed by atoms with van der Waals surface area (Å²) >= 11 is 11.9. The molecular weight excluding hydrogens is 404 g/mol. The number of thiocarbonyl (C=S) groups is 1. The molecule has 0 radical (unpaired) electrons. The Bertz CT molecular complexity index is 1010. The van der Waals surface area contributed by atoms with E-state index < -0.39 is 0 Å². The van der Waals surface area contributed by atoms with Gasteiger partial charge in [-0.05, 0) is 73.6 Å². The van der Waals surface area contributed by atoms with Crippen molar-refractivity contribution in [3.05, 3.63) is 82.9 Å². The highest BCUT2D eigenvalue weighted by molar-refractivity contribution is 7.80. The fourth-order valence-electron chi connectivity index (χ4n) is 3.86. The van der Waals surface area contributed by atoms with E-state index >= 15 is 0 Å². The largest absolute Gasteiger partial charge is 0.396 e. The fourth-order valence-corrected chi connectivity index (χ4v) is 4.31. The monoisotopic (exact) mass is 426 g/mol. The molecule has 7 heteroatoms. The second kappa shape index (κ2) is 8.53. The minimum absolute atomic E-state index is 0.0464. The van der Waals surface area contributed by atoms with Gasteiger partial charge in [-0.25, -0.2) is 0 Å². The molecule has 3 aromatic rings. The highest BCUT2D eigenvalue weighted by atomic mass is 35.5. The van der Waals surface area contributed by atoms with Crippen LogP contribution in [-0.4, -0.2) is 37.8 Å². The quantitative estimate of drug-likeness (QED) is 0.579. The number of aromatic nitrogens is 2. The minimum atomic E-state index is -0.0792. The zero-order valence-corrected chi connectivity index (χ0v) is 17.7. The number of nitrogens with zero attached hydrogens (tertiary/aromatic N) is 3. The highest BCUT2D eigenvalue weighted by Gasteiger charge is 2.40. The average molecular weight is 427 g/mol. The van der Waals surface area contributed by atoms with Crippen molar-refractivity contribution >= 4 is 28.9 Å². The standard InChI is InChI=1S/C22H23ClN4OS/c1-15-14-16(8-9-17(15)23)26-11-4-7-19(26)21-20(18-6-2-3-10-24-18)25-22(29)27(21)12-5-13-28/h2-4,6-11,14,20-21,28H,5,12-13H2,1H3,(H,25,29)/t20-,21+/m1/s1. The second-order valence-electron chi connectivity index (χ2n) is 7.13. The molecule has 0 aliphatic carbocycles. The first-order valence-electron chi connectivity index (χ1n) is 9.63. The number of nitrogens with one attached hydrogen (secondary N) is 1. The molecule has 2 aromatic heterocycles. The third kappa shape index (κ3) is 3.88. The van der Waals surface area contributed by atoms with Crippen molar-refractivity contribution in [1.29, 1.82) is 0 Å². The highest BCUT2D eigenvalue weighted by Crippen LogP contribution is 2.39. The normalized spacial score (nSPS) is 18.9. The lowest BCUT2D eigenvalue weighted by Crippen LogP contribution is -2.31. The third-order valence-corrected chi connectivity index (χ3v) is 6.03. The molecule has 29 heavy (non-hydrogen) atoms. The van der Waals surface area contributed by atoms with Gasteiger partial charge in [-0.2, -0.15) is 0 Å². The van der Waals surface area contributed by atoms with Gasteiger partial charge >= 0.3 is 0 Å². The van der Waals surface area contributed by atoms with Crippen LogP contribution in [0.4, 0.5) is 0 Å². The first-order chi connectivity index (χ1) is 14.1. The molecule has 2 atom stereocenters. The van der Waals surface area contributed by atoms with Crippen molar-refractivity contribution in [2.45, 2.75) is 25.4 Å². The molecule has 0 unspecified atom stereocenters. The molecule has 1 aliphatic heterocycles. The van der Waals surface area contributed by atoms with E-state index in [2.05, 4.69) is 38.1 Å². The Balaban J connectivity index is 1.79. The summed E-state index contributed by atoms with van der Waals surface area (Å²) in [5, 5.41) is 14.3. The van der Waals surface area contributed by atoms with Gasteiger partial charge in [0.1, 0.15) is 0 Å². The molecule has 1 saturated heterocycles. The molecule has 3 heterocycles. The summed E-state index contributed by atoms with van der Waals surface area (Å²) < 4.78 is 2.17. The molecule has 4 rings (SSSR count). The number of aryl methyl sites for hydroxylation is 1. The molecule has 0 amide bonds. The van der Waals surface area contributed by atoms with Gasteiger partial charge in [0.2, 0.25) is 0 Å². The Hall–Kier alpha value is -2.41. The van der Waals surface area contributed by atoms with Crippen LogP contribution in [0.5, 0.6) is 0 Å². The number of aliphatic hydroxyl groups is 1. The third-order valence-electron chi connectivity index (χ3n) is 5.26. The molecule has 0 saturated carbocycles. The van der Waals surface area contributed by atoms with Crippen LogP contribution in [0.1, 0.15) is 35.5 Å². The number of benzene rings is 1. The Morgan fingerprint density at radius 3 is 2.79 bits per heavy atom. The van der Waals surface area contributed by atoms with E-state index in [4.69, 9.17) is 23.8 Å². The van der Waals surface area contributed by atoms with Crippen molar-refractivity contribution in [1.82, 2.24) is 19.8 Å². The van der Waals surface area contributed by atoms with Gasteiger partial charge in [0.05, 0.1) is 17.8 Å². The summed E-state index contributed by atoms with van der Waals surface area (Å²) in [5.41, 5.74) is 4.12. The predicted molar refractivity (Wildman–Crippen MR) is 119 cm³/mol. The van der Waals surface area contributed by atoms with Crippen molar-refractivity contribution in [3.63, 3.8) is 0 Å². The molecule has 1 fully saturated rings. The second-order valence-corrected chi connectivity index (χ2v) is 7.93. The van der Waals surface area contributed by atoms with Gasteiger partial charge in [-0.3, -0.25) is 4.98 Å².